The molecule has 26 heavy (non-hydrogen) atoms. The Bertz CT molecular complexity index is 587. The van der Waals surface area contributed by atoms with Crippen LogP contribution in [0.25, 0.3) is 0 Å². The molecule has 0 aromatic heterocycles. The molecule has 1 aliphatic rings. The van der Waals surface area contributed by atoms with Crippen LogP contribution in [0.4, 0.5) is 5.69 Å². The fourth-order valence-corrected chi connectivity index (χ4v) is 2.57. The van der Waals surface area contributed by atoms with Gasteiger partial charge < -0.3 is 20.7 Å². The van der Waals surface area contributed by atoms with Gasteiger partial charge in [0, 0.05) is 25.4 Å². The van der Waals surface area contributed by atoms with Gasteiger partial charge in [0.1, 0.15) is 6.10 Å². The average molecular weight is 474 g/mol. The van der Waals surface area contributed by atoms with Gasteiger partial charge in [-0.2, -0.15) is 0 Å². The molecular formula is C19H31IN4O2. The minimum Gasteiger partial charge on any atom is -0.368 e. The zero-order valence-corrected chi connectivity index (χ0v) is 18.2. The van der Waals surface area contributed by atoms with Gasteiger partial charge in [-0.25, -0.2) is 4.99 Å². The summed E-state index contributed by atoms with van der Waals surface area (Å²) in [4.78, 5) is 16.8. The first-order valence-electron chi connectivity index (χ1n) is 9.12. The predicted molar refractivity (Wildman–Crippen MR) is 117 cm³/mol. The van der Waals surface area contributed by atoms with Gasteiger partial charge in [-0.1, -0.05) is 26.0 Å². The smallest absolute Gasteiger partial charge is 0.253 e. The molecule has 0 radical (unpaired) electrons. The highest BCUT2D eigenvalue weighted by molar-refractivity contribution is 14.0. The number of guanidine groups is 1. The quantitative estimate of drug-likeness (QED) is 0.323. The number of amides is 1. The topological polar surface area (TPSA) is 74.8 Å². The van der Waals surface area contributed by atoms with Crippen molar-refractivity contribution in [2.24, 2.45) is 10.9 Å². The van der Waals surface area contributed by atoms with Crippen molar-refractivity contribution in [2.45, 2.75) is 46.3 Å². The summed E-state index contributed by atoms with van der Waals surface area (Å²) < 4.78 is 5.42. The van der Waals surface area contributed by atoms with Crippen LogP contribution in [-0.2, 0) is 16.1 Å². The van der Waals surface area contributed by atoms with Crippen molar-refractivity contribution in [3.8, 4) is 0 Å². The molecule has 2 rings (SSSR count). The fraction of sp³-hybridized carbons (Fsp3) is 0.579. The van der Waals surface area contributed by atoms with E-state index in [0.717, 1.165) is 43.1 Å². The monoisotopic (exact) mass is 474 g/mol. The molecule has 0 aliphatic carbocycles. The first-order chi connectivity index (χ1) is 12.1. The lowest BCUT2D eigenvalue weighted by Crippen LogP contribution is -2.39. The Morgan fingerprint density at radius 3 is 2.81 bits per heavy atom. The van der Waals surface area contributed by atoms with Gasteiger partial charge in [0.05, 0.1) is 6.54 Å². The maximum atomic E-state index is 12.1. The highest BCUT2D eigenvalue weighted by Crippen LogP contribution is 2.16. The first-order valence-corrected chi connectivity index (χ1v) is 9.12. The second kappa shape index (κ2) is 12.1. The van der Waals surface area contributed by atoms with Crippen LogP contribution in [0.5, 0.6) is 0 Å². The zero-order valence-electron chi connectivity index (χ0n) is 15.9. The number of halogens is 1. The second-order valence-corrected chi connectivity index (χ2v) is 6.66. The number of aliphatic imine (C=N–C) groups is 1. The number of benzene rings is 1. The molecule has 1 aliphatic heterocycles. The van der Waals surface area contributed by atoms with E-state index in [1.54, 1.807) is 0 Å². The van der Waals surface area contributed by atoms with Crippen molar-refractivity contribution in [1.82, 2.24) is 10.6 Å². The number of carbonyl (C=O) groups is 1. The van der Waals surface area contributed by atoms with Gasteiger partial charge in [0.25, 0.3) is 5.91 Å². The lowest BCUT2D eigenvalue weighted by Gasteiger charge is -2.13. The van der Waals surface area contributed by atoms with Crippen LogP contribution < -0.4 is 16.0 Å². The SMILES string of the molecule is CCNC(=NCc1cccc(NC(=O)C2CCCO2)c1)NCC(C)C.I. The van der Waals surface area contributed by atoms with E-state index in [9.17, 15) is 4.79 Å². The van der Waals surface area contributed by atoms with Crippen molar-refractivity contribution in [3.63, 3.8) is 0 Å². The molecule has 1 unspecified atom stereocenters. The van der Waals surface area contributed by atoms with Crippen LogP contribution in [0.2, 0.25) is 0 Å². The number of hydrogen-bond acceptors (Lipinski definition) is 3. The molecule has 0 spiro atoms. The summed E-state index contributed by atoms with van der Waals surface area (Å²) in [5.74, 6) is 1.30. The third-order valence-electron chi connectivity index (χ3n) is 3.86. The van der Waals surface area contributed by atoms with Crippen LogP contribution in [0.15, 0.2) is 29.3 Å². The number of carbonyl (C=O) groups excluding carboxylic acids is 1. The number of ether oxygens (including phenoxy) is 1. The molecule has 1 heterocycles. The van der Waals surface area contributed by atoms with Crippen molar-refractivity contribution in [2.75, 3.05) is 25.0 Å². The zero-order chi connectivity index (χ0) is 18.1. The Morgan fingerprint density at radius 1 is 1.35 bits per heavy atom. The number of nitrogens with zero attached hydrogens (tertiary/aromatic N) is 1. The molecule has 3 N–H and O–H groups in total. The Labute approximate surface area is 173 Å². The van der Waals surface area contributed by atoms with E-state index in [-0.39, 0.29) is 36.0 Å². The Morgan fingerprint density at radius 2 is 2.15 bits per heavy atom. The van der Waals surface area contributed by atoms with Gasteiger partial charge in [-0.05, 0) is 43.4 Å². The van der Waals surface area contributed by atoms with Gasteiger partial charge in [0.2, 0.25) is 0 Å². The molecule has 0 bridgehead atoms. The van der Waals surface area contributed by atoms with E-state index >= 15 is 0 Å². The van der Waals surface area contributed by atoms with Crippen molar-refractivity contribution in [3.05, 3.63) is 29.8 Å². The van der Waals surface area contributed by atoms with Gasteiger partial charge in [-0.15, -0.1) is 24.0 Å². The summed E-state index contributed by atoms with van der Waals surface area (Å²) in [5.41, 5.74) is 1.83. The van der Waals surface area contributed by atoms with E-state index in [0.29, 0.717) is 19.1 Å². The largest absolute Gasteiger partial charge is 0.368 e. The van der Waals surface area contributed by atoms with Crippen molar-refractivity contribution < 1.29 is 9.53 Å². The van der Waals surface area contributed by atoms with E-state index in [2.05, 4.69) is 34.8 Å². The number of rotatable bonds is 7. The highest BCUT2D eigenvalue weighted by atomic mass is 127. The first kappa shape index (κ1) is 22.7. The van der Waals surface area contributed by atoms with E-state index in [1.807, 2.05) is 31.2 Å². The molecule has 1 aromatic rings. The molecule has 6 nitrogen and oxygen atoms in total. The van der Waals surface area contributed by atoms with E-state index in [4.69, 9.17) is 4.74 Å². The van der Waals surface area contributed by atoms with Gasteiger partial charge >= 0.3 is 0 Å². The van der Waals surface area contributed by atoms with Crippen LogP contribution in [0.3, 0.4) is 0 Å². The van der Waals surface area contributed by atoms with Crippen LogP contribution in [0, 0.1) is 5.92 Å². The van der Waals surface area contributed by atoms with E-state index < -0.39 is 0 Å². The molecule has 146 valence electrons. The lowest BCUT2D eigenvalue weighted by molar-refractivity contribution is -0.124. The molecule has 1 aromatic carbocycles. The van der Waals surface area contributed by atoms with Gasteiger partial charge in [-0.3, -0.25) is 4.79 Å². The molecule has 0 saturated carbocycles. The maximum Gasteiger partial charge on any atom is 0.253 e. The third-order valence-corrected chi connectivity index (χ3v) is 3.86. The fourth-order valence-electron chi connectivity index (χ4n) is 2.57. The van der Waals surface area contributed by atoms with Gasteiger partial charge in [0.15, 0.2) is 5.96 Å². The summed E-state index contributed by atoms with van der Waals surface area (Å²) in [6, 6.07) is 7.80. The van der Waals surface area contributed by atoms with Crippen molar-refractivity contribution in [1.29, 1.82) is 0 Å². The summed E-state index contributed by atoms with van der Waals surface area (Å²) in [7, 11) is 0. The van der Waals surface area contributed by atoms with Crippen LogP contribution in [0.1, 0.15) is 39.2 Å². The molecule has 1 fully saturated rings. The summed E-state index contributed by atoms with van der Waals surface area (Å²) >= 11 is 0. The highest BCUT2D eigenvalue weighted by Gasteiger charge is 2.23. The minimum absolute atomic E-state index is 0. The third kappa shape index (κ3) is 7.90. The van der Waals surface area contributed by atoms with Crippen LogP contribution in [-0.4, -0.2) is 37.7 Å². The average Bonchev–Trinajstić information content (AvgIpc) is 3.12. The lowest BCUT2D eigenvalue weighted by atomic mass is 10.2. The summed E-state index contributed by atoms with van der Waals surface area (Å²) in [6.45, 7) is 9.30. The number of nitrogens with one attached hydrogen (secondary N) is 3. The molecule has 1 saturated heterocycles. The minimum atomic E-state index is -0.317. The molecule has 1 amide bonds. The number of anilines is 1. The Balaban J connectivity index is 0.00000338. The number of hydrogen-bond donors (Lipinski definition) is 3. The normalized spacial score (nSPS) is 16.9. The Kier molecular flexibility index (Phi) is 10.6. The standard InChI is InChI=1S/C19H30N4O2.HI/c1-4-20-19(21-12-14(2)3)22-13-15-7-5-8-16(11-15)23-18(24)17-9-6-10-25-17;/h5,7-8,11,14,17H,4,6,9-10,12-13H2,1-3H3,(H,23,24)(H2,20,21,22);1H. The Hall–Kier alpha value is -1.35. The second-order valence-electron chi connectivity index (χ2n) is 6.66. The predicted octanol–water partition coefficient (Wildman–Crippen LogP) is 3.13. The van der Waals surface area contributed by atoms with Crippen LogP contribution >= 0.6 is 24.0 Å². The molecule has 7 heteroatoms. The maximum absolute atomic E-state index is 12.1. The molecular weight excluding hydrogens is 443 g/mol. The summed E-state index contributed by atoms with van der Waals surface area (Å²) in [6.07, 6.45) is 1.43. The molecule has 1 atom stereocenters. The van der Waals surface area contributed by atoms with E-state index in [1.165, 1.54) is 0 Å². The summed E-state index contributed by atoms with van der Waals surface area (Å²) in [5, 5.41) is 9.51. The van der Waals surface area contributed by atoms with Crippen molar-refractivity contribution >= 4 is 41.5 Å².